The minimum absolute atomic E-state index is 0. The minimum atomic E-state index is -0.334. The number of guanidine groups is 1. The van der Waals surface area contributed by atoms with Gasteiger partial charge in [-0.15, -0.1) is 35.3 Å². The molecule has 2 rings (SSSR count). The zero-order chi connectivity index (χ0) is 20.4. The van der Waals surface area contributed by atoms with Crippen molar-refractivity contribution in [3.8, 4) is 0 Å². The number of rotatable bonds is 9. The monoisotopic (exact) mass is 533 g/mol. The van der Waals surface area contributed by atoms with Crippen LogP contribution in [0.25, 0.3) is 0 Å². The third kappa shape index (κ3) is 9.53. The van der Waals surface area contributed by atoms with E-state index in [0.29, 0.717) is 37.1 Å². The lowest BCUT2D eigenvalue weighted by molar-refractivity contribution is -0.120. The molecule has 0 atom stereocenters. The van der Waals surface area contributed by atoms with Crippen molar-refractivity contribution in [2.24, 2.45) is 4.99 Å². The Bertz CT molecular complexity index is 797. The van der Waals surface area contributed by atoms with Gasteiger partial charge < -0.3 is 16.0 Å². The van der Waals surface area contributed by atoms with Crippen molar-refractivity contribution in [2.75, 3.05) is 19.6 Å². The molecule has 2 aromatic rings. The molecule has 0 unspecified atom stereocenters. The minimum Gasteiger partial charge on any atom is -0.357 e. The Morgan fingerprint density at radius 1 is 1.24 bits per heavy atom. The summed E-state index contributed by atoms with van der Waals surface area (Å²) in [7, 11) is 0. The van der Waals surface area contributed by atoms with Crippen LogP contribution in [0.1, 0.15) is 43.0 Å². The Morgan fingerprint density at radius 2 is 2.00 bits per heavy atom. The Labute approximate surface area is 192 Å². The number of amides is 1. The van der Waals surface area contributed by atoms with E-state index < -0.39 is 0 Å². The molecule has 0 fully saturated rings. The van der Waals surface area contributed by atoms with Crippen LogP contribution >= 0.6 is 35.3 Å². The topological polar surface area (TPSA) is 78.4 Å². The summed E-state index contributed by atoms with van der Waals surface area (Å²) >= 11 is 1.61. The number of carbonyl (C=O) groups excluding carboxylic acids is 1. The van der Waals surface area contributed by atoms with Gasteiger partial charge in [0.1, 0.15) is 10.8 Å². The lowest BCUT2D eigenvalue weighted by atomic mass is 10.1. The standard InChI is InChI=1S/C20H28FN5OS.HI/c1-4-22-20(25-12-19-26-17(13-28-19)14(2)3)24-9-8-23-18(27)11-15-6-5-7-16(21)10-15;/h5-7,10,13-14H,4,8-9,11-12H2,1-3H3,(H,23,27)(H2,22,24,25);1H. The van der Waals surface area contributed by atoms with Gasteiger partial charge in [0.25, 0.3) is 0 Å². The van der Waals surface area contributed by atoms with E-state index in [1.807, 2.05) is 6.92 Å². The number of halogens is 2. The van der Waals surface area contributed by atoms with Crippen LogP contribution in [0.2, 0.25) is 0 Å². The highest BCUT2D eigenvalue weighted by Gasteiger charge is 2.06. The summed E-state index contributed by atoms with van der Waals surface area (Å²) in [5, 5.41) is 12.2. The van der Waals surface area contributed by atoms with E-state index >= 15 is 0 Å². The van der Waals surface area contributed by atoms with Gasteiger partial charge in [-0.1, -0.05) is 26.0 Å². The number of thiazole rings is 1. The van der Waals surface area contributed by atoms with Gasteiger partial charge >= 0.3 is 0 Å². The van der Waals surface area contributed by atoms with E-state index in [-0.39, 0.29) is 42.1 Å². The van der Waals surface area contributed by atoms with E-state index in [1.54, 1.807) is 23.5 Å². The van der Waals surface area contributed by atoms with Crippen LogP contribution in [0.5, 0.6) is 0 Å². The summed E-state index contributed by atoms with van der Waals surface area (Å²) in [6, 6.07) is 6.07. The third-order valence-corrected chi connectivity index (χ3v) is 4.72. The van der Waals surface area contributed by atoms with Gasteiger partial charge in [0.15, 0.2) is 5.96 Å². The normalized spacial score (nSPS) is 11.1. The first kappa shape index (κ1) is 25.3. The quantitative estimate of drug-likeness (QED) is 0.200. The van der Waals surface area contributed by atoms with Crippen LogP contribution in [0.15, 0.2) is 34.6 Å². The molecule has 0 aliphatic rings. The molecule has 1 aromatic carbocycles. The summed E-state index contributed by atoms with van der Waals surface area (Å²) in [5.74, 6) is 0.622. The molecular weight excluding hydrogens is 504 g/mol. The third-order valence-electron chi connectivity index (χ3n) is 3.87. The first-order valence-corrected chi connectivity index (χ1v) is 10.3. The van der Waals surface area contributed by atoms with Gasteiger partial charge in [0.05, 0.1) is 18.7 Å². The first-order valence-electron chi connectivity index (χ1n) is 9.45. The Hall–Kier alpha value is -1.75. The fourth-order valence-electron chi connectivity index (χ4n) is 2.43. The first-order chi connectivity index (χ1) is 13.5. The van der Waals surface area contributed by atoms with Gasteiger partial charge in [-0.3, -0.25) is 4.79 Å². The maximum atomic E-state index is 13.2. The second kappa shape index (κ2) is 13.5. The Kier molecular flexibility index (Phi) is 11.7. The summed E-state index contributed by atoms with van der Waals surface area (Å²) in [6.07, 6.45) is 0.161. The molecule has 0 bridgehead atoms. The zero-order valence-corrected chi connectivity index (χ0v) is 20.1. The van der Waals surface area contributed by atoms with Gasteiger partial charge in [0, 0.05) is 25.0 Å². The van der Waals surface area contributed by atoms with Crippen molar-refractivity contribution in [3.63, 3.8) is 0 Å². The van der Waals surface area contributed by atoms with E-state index in [4.69, 9.17) is 0 Å². The average molecular weight is 533 g/mol. The van der Waals surface area contributed by atoms with E-state index in [9.17, 15) is 9.18 Å². The largest absolute Gasteiger partial charge is 0.357 e. The number of nitrogens with zero attached hydrogens (tertiary/aromatic N) is 2. The number of benzene rings is 1. The molecule has 1 aromatic heterocycles. The lowest BCUT2D eigenvalue weighted by Crippen LogP contribution is -2.41. The highest BCUT2D eigenvalue weighted by Crippen LogP contribution is 2.18. The average Bonchev–Trinajstić information content (AvgIpc) is 3.12. The molecule has 0 saturated heterocycles. The van der Waals surface area contributed by atoms with Crippen molar-refractivity contribution < 1.29 is 9.18 Å². The maximum Gasteiger partial charge on any atom is 0.224 e. The summed E-state index contributed by atoms with van der Waals surface area (Å²) in [6.45, 7) is 8.49. The highest BCUT2D eigenvalue weighted by atomic mass is 127. The van der Waals surface area contributed by atoms with Crippen LogP contribution in [0.4, 0.5) is 4.39 Å². The molecule has 1 heterocycles. The summed E-state index contributed by atoms with van der Waals surface area (Å²) in [4.78, 5) is 21.1. The van der Waals surface area contributed by atoms with E-state index in [0.717, 1.165) is 17.2 Å². The van der Waals surface area contributed by atoms with Gasteiger partial charge in [-0.05, 0) is 30.5 Å². The molecule has 0 aliphatic carbocycles. The zero-order valence-electron chi connectivity index (χ0n) is 17.0. The maximum absolute atomic E-state index is 13.2. The molecule has 9 heteroatoms. The summed E-state index contributed by atoms with van der Waals surface area (Å²) < 4.78 is 13.2. The number of hydrogen-bond acceptors (Lipinski definition) is 4. The Morgan fingerprint density at radius 3 is 2.66 bits per heavy atom. The van der Waals surface area contributed by atoms with Crippen LogP contribution in [-0.2, 0) is 17.8 Å². The Balaban J connectivity index is 0.00000420. The fourth-order valence-corrected chi connectivity index (χ4v) is 3.31. The number of carbonyl (C=O) groups is 1. The van der Waals surface area contributed by atoms with Crippen LogP contribution in [0.3, 0.4) is 0 Å². The molecule has 6 nitrogen and oxygen atoms in total. The molecule has 0 spiro atoms. The van der Waals surface area contributed by atoms with Gasteiger partial charge in [-0.2, -0.15) is 0 Å². The van der Waals surface area contributed by atoms with Gasteiger partial charge in [0.2, 0.25) is 5.91 Å². The van der Waals surface area contributed by atoms with Crippen molar-refractivity contribution in [1.29, 1.82) is 0 Å². The number of nitrogens with one attached hydrogen (secondary N) is 3. The number of hydrogen-bond donors (Lipinski definition) is 3. The molecule has 160 valence electrons. The molecule has 3 N–H and O–H groups in total. The smallest absolute Gasteiger partial charge is 0.224 e. The molecule has 0 radical (unpaired) electrons. The SMILES string of the molecule is CCNC(=NCc1nc(C(C)C)cs1)NCCNC(=O)Cc1cccc(F)c1.I. The van der Waals surface area contributed by atoms with Crippen LogP contribution in [-0.4, -0.2) is 36.5 Å². The summed E-state index contributed by atoms with van der Waals surface area (Å²) in [5.41, 5.74) is 1.75. The molecule has 0 saturated carbocycles. The van der Waals surface area contributed by atoms with Crippen LogP contribution < -0.4 is 16.0 Å². The number of aromatic nitrogens is 1. The van der Waals surface area contributed by atoms with Gasteiger partial charge in [-0.25, -0.2) is 14.4 Å². The second-order valence-corrected chi connectivity index (χ2v) is 7.54. The van der Waals surface area contributed by atoms with Crippen molar-refractivity contribution in [1.82, 2.24) is 20.9 Å². The molecule has 0 aliphatic heterocycles. The van der Waals surface area contributed by atoms with Crippen molar-refractivity contribution in [3.05, 3.63) is 51.7 Å². The van der Waals surface area contributed by atoms with Crippen molar-refractivity contribution in [2.45, 2.75) is 39.7 Å². The van der Waals surface area contributed by atoms with Crippen LogP contribution in [0, 0.1) is 5.82 Å². The lowest BCUT2D eigenvalue weighted by Gasteiger charge is -2.11. The highest BCUT2D eigenvalue weighted by molar-refractivity contribution is 14.0. The number of aliphatic imine (C=N–C) groups is 1. The van der Waals surface area contributed by atoms with Crippen molar-refractivity contribution >= 4 is 47.2 Å². The van der Waals surface area contributed by atoms with E-state index in [2.05, 4.69) is 45.2 Å². The molecule has 1 amide bonds. The molecule has 29 heavy (non-hydrogen) atoms. The molecular formula is C20H29FIN5OS. The van der Waals surface area contributed by atoms with E-state index in [1.165, 1.54) is 12.1 Å². The predicted molar refractivity (Wildman–Crippen MR) is 128 cm³/mol. The predicted octanol–water partition coefficient (Wildman–Crippen LogP) is 3.44. The second-order valence-electron chi connectivity index (χ2n) is 6.60. The fraction of sp³-hybridized carbons (Fsp3) is 0.450.